The van der Waals surface area contributed by atoms with Crippen molar-refractivity contribution < 1.29 is 13.9 Å². The smallest absolute Gasteiger partial charge is 0.358 e. The lowest BCUT2D eigenvalue weighted by Gasteiger charge is -2.03. The van der Waals surface area contributed by atoms with Crippen LogP contribution in [0.5, 0.6) is 0 Å². The molecular formula is C19H17N5O3S. The lowest BCUT2D eigenvalue weighted by molar-refractivity contribution is 0.0486. The van der Waals surface area contributed by atoms with Gasteiger partial charge >= 0.3 is 5.97 Å². The first-order valence-corrected chi connectivity index (χ1v) is 9.54. The molecule has 0 unspecified atom stereocenters. The second kappa shape index (κ2) is 8.13. The zero-order valence-corrected chi connectivity index (χ0v) is 15.9. The van der Waals surface area contributed by atoms with Gasteiger partial charge in [0, 0.05) is 16.9 Å². The molecule has 0 aliphatic carbocycles. The van der Waals surface area contributed by atoms with Crippen LogP contribution in [0.15, 0.2) is 53.1 Å². The fourth-order valence-corrected chi connectivity index (χ4v) is 3.44. The molecule has 0 atom stereocenters. The second-order valence-electron chi connectivity index (χ2n) is 5.97. The number of hydrogen-bond donors (Lipinski definition) is 0. The van der Waals surface area contributed by atoms with E-state index in [4.69, 9.17) is 9.15 Å². The van der Waals surface area contributed by atoms with Crippen molar-refractivity contribution in [2.24, 2.45) is 0 Å². The van der Waals surface area contributed by atoms with Gasteiger partial charge < -0.3 is 9.15 Å². The molecule has 142 valence electrons. The summed E-state index contributed by atoms with van der Waals surface area (Å²) in [6, 6.07) is 13.2. The van der Waals surface area contributed by atoms with Gasteiger partial charge in [-0.05, 0) is 24.3 Å². The van der Waals surface area contributed by atoms with Crippen molar-refractivity contribution in [3.05, 3.63) is 59.3 Å². The Bertz CT molecular complexity index is 1060. The molecular weight excluding hydrogens is 378 g/mol. The van der Waals surface area contributed by atoms with E-state index in [9.17, 15) is 4.79 Å². The van der Waals surface area contributed by atoms with Crippen LogP contribution < -0.4 is 0 Å². The van der Waals surface area contributed by atoms with Crippen molar-refractivity contribution in [1.82, 2.24) is 25.2 Å². The Morgan fingerprint density at radius 3 is 2.86 bits per heavy atom. The van der Waals surface area contributed by atoms with Crippen LogP contribution in [-0.4, -0.2) is 37.8 Å². The molecule has 0 amide bonds. The Labute approximate surface area is 164 Å². The van der Waals surface area contributed by atoms with E-state index >= 15 is 0 Å². The molecule has 3 heterocycles. The highest BCUT2D eigenvalue weighted by atomic mass is 32.1. The van der Waals surface area contributed by atoms with Crippen molar-refractivity contribution in [3.8, 4) is 22.2 Å². The first kappa shape index (κ1) is 18.1. The lowest BCUT2D eigenvalue weighted by atomic mass is 10.2. The van der Waals surface area contributed by atoms with Crippen LogP contribution in [0, 0.1) is 6.92 Å². The highest BCUT2D eigenvalue weighted by Gasteiger charge is 2.18. The number of carbonyl (C=O) groups excluding carboxylic acids is 1. The molecule has 8 nitrogen and oxygen atoms in total. The van der Waals surface area contributed by atoms with Crippen molar-refractivity contribution in [2.75, 3.05) is 6.61 Å². The number of thiazole rings is 1. The number of tetrazole rings is 1. The third-order valence-corrected chi connectivity index (χ3v) is 4.93. The molecule has 4 aromatic rings. The Hall–Kier alpha value is -3.33. The van der Waals surface area contributed by atoms with Gasteiger partial charge in [-0.3, -0.25) is 0 Å². The van der Waals surface area contributed by atoms with E-state index in [1.165, 1.54) is 16.1 Å². The summed E-state index contributed by atoms with van der Waals surface area (Å²) in [4.78, 5) is 18.9. The van der Waals surface area contributed by atoms with Crippen LogP contribution in [0.25, 0.3) is 22.2 Å². The number of aromatic nitrogens is 5. The van der Waals surface area contributed by atoms with Crippen LogP contribution >= 0.6 is 11.3 Å². The summed E-state index contributed by atoms with van der Waals surface area (Å²) in [5.74, 6) is 0.767. The molecule has 0 bridgehead atoms. The molecule has 4 rings (SSSR count). The zero-order valence-electron chi connectivity index (χ0n) is 15.1. The largest absolute Gasteiger partial charge is 0.462 e. The molecule has 9 heteroatoms. The monoisotopic (exact) mass is 395 g/mol. The van der Waals surface area contributed by atoms with Crippen LogP contribution in [0.4, 0.5) is 0 Å². The number of aryl methyl sites for hydroxylation is 2. The van der Waals surface area contributed by atoms with Crippen LogP contribution in [0.3, 0.4) is 0 Å². The van der Waals surface area contributed by atoms with Crippen molar-refractivity contribution in [2.45, 2.75) is 19.9 Å². The topological polar surface area (TPSA) is 95.9 Å². The minimum atomic E-state index is -0.442. The number of carbonyl (C=O) groups is 1. The zero-order chi connectivity index (χ0) is 19.3. The number of esters is 1. The van der Waals surface area contributed by atoms with E-state index in [1.807, 2.05) is 43.3 Å². The first-order chi connectivity index (χ1) is 13.7. The summed E-state index contributed by atoms with van der Waals surface area (Å²) in [5.41, 5.74) is 1.23. The summed E-state index contributed by atoms with van der Waals surface area (Å²) >= 11 is 1.40. The molecule has 0 aliphatic rings. The van der Waals surface area contributed by atoms with E-state index in [1.54, 1.807) is 12.3 Å². The van der Waals surface area contributed by atoms with Crippen molar-refractivity contribution in [3.63, 3.8) is 0 Å². The lowest BCUT2D eigenvalue weighted by Crippen LogP contribution is -2.11. The van der Waals surface area contributed by atoms with Crippen LogP contribution in [0.2, 0.25) is 0 Å². The second-order valence-corrected chi connectivity index (χ2v) is 7.17. The molecule has 0 fully saturated rings. The molecule has 0 radical (unpaired) electrons. The molecule has 0 saturated carbocycles. The maximum absolute atomic E-state index is 12.3. The van der Waals surface area contributed by atoms with E-state index in [0.29, 0.717) is 35.3 Å². The Morgan fingerprint density at radius 1 is 1.21 bits per heavy atom. The summed E-state index contributed by atoms with van der Waals surface area (Å²) in [7, 11) is 0. The van der Waals surface area contributed by atoms with Crippen molar-refractivity contribution >= 4 is 17.3 Å². The minimum Gasteiger partial charge on any atom is -0.462 e. The molecule has 0 spiro atoms. The maximum atomic E-state index is 12.3. The van der Waals surface area contributed by atoms with Gasteiger partial charge in [0.05, 0.1) is 19.4 Å². The summed E-state index contributed by atoms with van der Waals surface area (Å²) in [5, 5.41) is 13.1. The summed E-state index contributed by atoms with van der Waals surface area (Å²) < 4.78 is 10.7. The predicted octanol–water partition coefficient (Wildman–Crippen LogP) is 3.61. The molecule has 1 aromatic carbocycles. The van der Waals surface area contributed by atoms with Gasteiger partial charge in [0.25, 0.3) is 0 Å². The van der Waals surface area contributed by atoms with Gasteiger partial charge in [0.2, 0.25) is 5.82 Å². The average Bonchev–Trinajstić information content (AvgIpc) is 3.46. The molecule has 0 saturated heterocycles. The minimum absolute atomic E-state index is 0.244. The molecule has 0 aliphatic heterocycles. The van der Waals surface area contributed by atoms with Gasteiger partial charge in [-0.15, -0.1) is 21.5 Å². The first-order valence-electron chi connectivity index (χ1n) is 8.72. The van der Waals surface area contributed by atoms with Gasteiger partial charge in [-0.1, -0.05) is 30.3 Å². The third kappa shape index (κ3) is 3.99. The van der Waals surface area contributed by atoms with Gasteiger partial charge in [0.15, 0.2) is 16.5 Å². The Morgan fingerprint density at radius 2 is 2.07 bits per heavy atom. The Balaban J connectivity index is 1.29. The SMILES string of the molecule is Cc1sc(-c2ccco2)nc1C(=O)OCCCn1nnc(-c2ccccc2)n1. The normalized spacial score (nSPS) is 10.9. The number of benzene rings is 1. The number of nitrogens with zero attached hydrogens (tertiary/aromatic N) is 5. The summed E-state index contributed by atoms with van der Waals surface area (Å²) in [6.07, 6.45) is 2.15. The number of ether oxygens (including phenoxy) is 1. The van der Waals surface area contributed by atoms with E-state index < -0.39 is 5.97 Å². The van der Waals surface area contributed by atoms with Crippen LogP contribution in [0.1, 0.15) is 21.8 Å². The van der Waals surface area contributed by atoms with E-state index in [-0.39, 0.29) is 6.61 Å². The quantitative estimate of drug-likeness (QED) is 0.348. The fourth-order valence-electron chi connectivity index (χ4n) is 2.57. The maximum Gasteiger partial charge on any atom is 0.358 e. The Kier molecular flexibility index (Phi) is 5.24. The number of rotatable bonds is 7. The number of furan rings is 1. The average molecular weight is 395 g/mol. The third-order valence-electron chi connectivity index (χ3n) is 3.94. The van der Waals surface area contributed by atoms with Crippen molar-refractivity contribution in [1.29, 1.82) is 0 Å². The highest BCUT2D eigenvalue weighted by molar-refractivity contribution is 7.15. The number of hydrogen-bond acceptors (Lipinski definition) is 8. The summed E-state index contributed by atoms with van der Waals surface area (Å²) in [6.45, 7) is 2.58. The fraction of sp³-hybridized carbons (Fsp3) is 0.211. The van der Waals surface area contributed by atoms with E-state index in [0.717, 1.165) is 10.4 Å². The van der Waals surface area contributed by atoms with Gasteiger partial charge in [-0.2, -0.15) is 4.80 Å². The van der Waals surface area contributed by atoms with Crippen LogP contribution in [-0.2, 0) is 11.3 Å². The van der Waals surface area contributed by atoms with Gasteiger partial charge in [-0.25, -0.2) is 9.78 Å². The standard InChI is InChI=1S/C19H17N5O3S/c1-13-16(20-18(28-13)15-9-5-11-26-15)19(25)27-12-6-10-24-22-17(21-23-24)14-7-3-2-4-8-14/h2-5,7-9,11H,6,10,12H2,1H3. The predicted molar refractivity (Wildman–Crippen MR) is 103 cm³/mol. The molecule has 3 aromatic heterocycles. The molecule has 28 heavy (non-hydrogen) atoms. The van der Waals surface area contributed by atoms with E-state index in [2.05, 4.69) is 20.4 Å². The highest BCUT2D eigenvalue weighted by Crippen LogP contribution is 2.28. The molecule has 0 N–H and O–H groups in total. The van der Waals surface area contributed by atoms with Gasteiger partial charge in [0.1, 0.15) is 0 Å².